The Morgan fingerprint density at radius 2 is 1.93 bits per heavy atom. The molecule has 9 nitrogen and oxygen atoms in total. The molecule has 3 atom stereocenters. The van der Waals surface area contributed by atoms with E-state index in [1.54, 1.807) is 0 Å². The van der Waals surface area contributed by atoms with E-state index >= 15 is 0 Å². The Morgan fingerprint density at radius 1 is 1.14 bits per heavy atom. The van der Waals surface area contributed by atoms with Crippen molar-refractivity contribution < 1.29 is 9.47 Å². The van der Waals surface area contributed by atoms with Gasteiger partial charge in [0.25, 0.3) is 5.88 Å². The number of rotatable bonds is 1. The molecular formula is C20H27N7O2. The number of ether oxygens (including phenoxy) is 2. The van der Waals surface area contributed by atoms with Gasteiger partial charge in [-0.05, 0) is 40.5 Å². The average molecular weight is 397 g/mol. The van der Waals surface area contributed by atoms with Gasteiger partial charge < -0.3 is 14.8 Å². The van der Waals surface area contributed by atoms with E-state index in [9.17, 15) is 0 Å². The molecule has 0 unspecified atom stereocenters. The summed E-state index contributed by atoms with van der Waals surface area (Å²) < 4.78 is 16.0. The number of hydrogen-bond acceptors (Lipinski definition) is 7. The highest BCUT2D eigenvalue weighted by atomic mass is 16.5. The molecule has 1 fully saturated rings. The number of nitrogens with zero attached hydrogens (tertiary/aromatic N) is 6. The molecule has 2 aliphatic heterocycles. The van der Waals surface area contributed by atoms with Crippen LogP contribution in [-0.4, -0.2) is 48.3 Å². The van der Waals surface area contributed by atoms with Gasteiger partial charge in [0.1, 0.15) is 5.69 Å². The third kappa shape index (κ3) is 3.23. The van der Waals surface area contributed by atoms with E-state index < -0.39 is 0 Å². The highest BCUT2D eigenvalue weighted by molar-refractivity contribution is 5.79. The second-order valence-corrected chi connectivity index (χ2v) is 8.16. The second-order valence-electron chi connectivity index (χ2n) is 8.16. The summed E-state index contributed by atoms with van der Waals surface area (Å²) in [5.41, 5.74) is 3.65. The van der Waals surface area contributed by atoms with Gasteiger partial charge in [0.2, 0.25) is 5.95 Å². The minimum absolute atomic E-state index is 0.216. The molecule has 5 heterocycles. The summed E-state index contributed by atoms with van der Waals surface area (Å²) in [6.45, 7) is 9.61. The van der Waals surface area contributed by atoms with Crippen molar-refractivity contribution in [3.8, 4) is 5.88 Å². The van der Waals surface area contributed by atoms with Crippen molar-refractivity contribution in [3.05, 3.63) is 17.6 Å². The lowest BCUT2D eigenvalue weighted by Crippen LogP contribution is -2.31. The van der Waals surface area contributed by atoms with Crippen molar-refractivity contribution in [3.63, 3.8) is 0 Å². The van der Waals surface area contributed by atoms with Crippen molar-refractivity contribution in [2.45, 2.75) is 71.8 Å². The predicted octanol–water partition coefficient (Wildman–Crippen LogP) is 3.29. The number of aryl methyl sites for hydroxylation is 2. The summed E-state index contributed by atoms with van der Waals surface area (Å²) in [6, 6.07) is 0.284. The average Bonchev–Trinajstić information content (AvgIpc) is 3.15. The van der Waals surface area contributed by atoms with Gasteiger partial charge in [0, 0.05) is 19.2 Å². The fraction of sp³-hybridized carbons (Fsp3) is 0.600. The minimum Gasteiger partial charge on any atom is -0.475 e. The van der Waals surface area contributed by atoms with E-state index in [1.165, 1.54) is 0 Å². The number of aromatic nitrogens is 6. The molecular weight excluding hydrogens is 370 g/mol. The summed E-state index contributed by atoms with van der Waals surface area (Å²) in [5.74, 6) is 1.13. The first-order valence-corrected chi connectivity index (χ1v) is 10.3. The van der Waals surface area contributed by atoms with Crippen LogP contribution in [0.1, 0.15) is 50.5 Å². The van der Waals surface area contributed by atoms with Crippen LogP contribution < -0.4 is 10.1 Å². The molecule has 154 valence electrons. The van der Waals surface area contributed by atoms with Crippen molar-refractivity contribution in [1.82, 2.24) is 29.5 Å². The molecule has 1 saturated heterocycles. The van der Waals surface area contributed by atoms with Gasteiger partial charge in [-0.3, -0.25) is 4.68 Å². The summed E-state index contributed by atoms with van der Waals surface area (Å²) in [5, 5.41) is 13.8. The Balaban J connectivity index is 1.55. The van der Waals surface area contributed by atoms with E-state index in [4.69, 9.17) is 19.6 Å². The molecule has 3 aromatic rings. The molecule has 0 radical (unpaired) electrons. The highest BCUT2D eigenvalue weighted by Crippen LogP contribution is 2.36. The zero-order chi connectivity index (χ0) is 20.1. The molecule has 3 aromatic heterocycles. The van der Waals surface area contributed by atoms with Crippen molar-refractivity contribution in [2.75, 3.05) is 11.9 Å². The topological polar surface area (TPSA) is 91.9 Å². The largest absolute Gasteiger partial charge is 0.475 e. The second kappa shape index (κ2) is 6.98. The van der Waals surface area contributed by atoms with E-state index in [2.05, 4.69) is 40.9 Å². The van der Waals surface area contributed by atoms with Crippen LogP contribution in [0.2, 0.25) is 0 Å². The summed E-state index contributed by atoms with van der Waals surface area (Å²) in [7, 11) is 0. The van der Waals surface area contributed by atoms with Crippen molar-refractivity contribution in [2.24, 2.45) is 0 Å². The van der Waals surface area contributed by atoms with Gasteiger partial charge in [-0.1, -0.05) is 0 Å². The molecule has 0 aromatic carbocycles. The smallest absolute Gasteiger partial charge is 0.257 e. The van der Waals surface area contributed by atoms with Crippen molar-refractivity contribution in [1.29, 1.82) is 0 Å². The lowest BCUT2D eigenvalue weighted by molar-refractivity contribution is -0.0510. The van der Waals surface area contributed by atoms with Crippen LogP contribution in [0.3, 0.4) is 0 Å². The van der Waals surface area contributed by atoms with E-state index in [1.807, 2.05) is 17.8 Å². The van der Waals surface area contributed by atoms with Gasteiger partial charge in [0.15, 0.2) is 5.65 Å². The van der Waals surface area contributed by atoms with Gasteiger partial charge in [-0.2, -0.15) is 10.1 Å². The Labute approximate surface area is 169 Å². The van der Waals surface area contributed by atoms with Gasteiger partial charge in [0.05, 0.1) is 41.6 Å². The molecule has 0 aliphatic carbocycles. The molecule has 0 spiro atoms. The third-order valence-corrected chi connectivity index (χ3v) is 5.80. The van der Waals surface area contributed by atoms with Crippen LogP contribution in [0.25, 0.3) is 11.0 Å². The van der Waals surface area contributed by atoms with Crippen LogP contribution in [0.15, 0.2) is 6.20 Å². The first-order valence-electron chi connectivity index (χ1n) is 10.3. The number of nitrogens with one attached hydrogen (secondary N) is 1. The zero-order valence-electron chi connectivity index (χ0n) is 17.3. The van der Waals surface area contributed by atoms with E-state index in [0.29, 0.717) is 18.4 Å². The number of fused-ring (bicyclic) bond motifs is 2. The standard InChI is InChI=1S/C20H27N7O2/c1-11-8-15(9-12(2)29-11)27-14(4)17-19(25-27)28-7-5-6-26-18-16(13(3)24-26)10-21-20(22-17)23-18/h10-12,15H,5-9H2,1-4H3,(H,21,22,23)/t11-,12+,15+. The monoisotopic (exact) mass is 397 g/mol. The van der Waals surface area contributed by atoms with E-state index in [-0.39, 0.29) is 18.2 Å². The Hall–Kier alpha value is -2.68. The van der Waals surface area contributed by atoms with Crippen molar-refractivity contribution >= 4 is 22.7 Å². The summed E-state index contributed by atoms with van der Waals surface area (Å²) in [6.07, 6.45) is 4.97. The molecule has 0 saturated carbocycles. The molecule has 2 aliphatic rings. The molecule has 9 heteroatoms. The Morgan fingerprint density at radius 3 is 2.72 bits per heavy atom. The number of anilines is 2. The zero-order valence-corrected chi connectivity index (χ0v) is 17.3. The molecule has 29 heavy (non-hydrogen) atoms. The van der Waals surface area contributed by atoms with Crippen LogP contribution >= 0.6 is 0 Å². The van der Waals surface area contributed by atoms with Crippen LogP contribution in [-0.2, 0) is 11.3 Å². The van der Waals surface area contributed by atoms with Gasteiger partial charge in [-0.25, -0.2) is 9.67 Å². The SMILES string of the molecule is Cc1nn2c3nc(ncc13)Nc1c(nn([C@H]3C[C@@H](C)O[C@@H](C)C3)c1C)OCCC2. The predicted molar refractivity (Wildman–Crippen MR) is 109 cm³/mol. The fourth-order valence-corrected chi connectivity index (χ4v) is 4.48. The van der Waals surface area contributed by atoms with Gasteiger partial charge >= 0.3 is 0 Å². The van der Waals surface area contributed by atoms with E-state index in [0.717, 1.165) is 53.9 Å². The van der Waals surface area contributed by atoms with Crippen LogP contribution in [0.4, 0.5) is 11.6 Å². The maximum Gasteiger partial charge on any atom is 0.257 e. The van der Waals surface area contributed by atoms with Gasteiger partial charge in [-0.15, -0.1) is 5.10 Å². The third-order valence-electron chi connectivity index (χ3n) is 5.80. The normalized spacial score (nSPS) is 24.6. The molecule has 1 N–H and O–H groups in total. The Kier molecular flexibility index (Phi) is 4.42. The first kappa shape index (κ1) is 18.4. The molecule has 5 rings (SSSR count). The minimum atomic E-state index is 0.216. The quantitative estimate of drug-likeness (QED) is 0.673. The lowest BCUT2D eigenvalue weighted by Gasteiger charge is -2.32. The summed E-state index contributed by atoms with van der Waals surface area (Å²) in [4.78, 5) is 9.24. The maximum absolute atomic E-state index is 6.08. The maximum atomic E-state index is 6.08. The Bertz CT molecular complexity index is 1050. The number of hydrogen-bond donors (Lipinski definition) is 1. The lowest BCUT2D eigenvalue weighted by atomic mass is 10.00. The fourth-order valence-electron chi connectivity index (χ4n) is 4.48. The molecule has 2 bridgehead atoms. The summed E-state index contributed by atoms with van der Waals surface area (Å²) >= 11 is 0. The van der Waals surface area contributed by atoms with Crippen LogP contribution in [0, 0.1) is 13.8 Å². The molecule has 0 amide bonds. The van der Waals surface area contributed by atoms with Crippen LogP contribution in [0.5, 0.6) is 5.88 Å². The first-order chi connectivity index (χ1) is 14.0. The highest BCUT2D eigenvalue weighted by Gasteiger charge is 2.30.